The molecule has 3 aliphatic rings. The molecule has 0 radical (unpaired) electrons. The minimum Gasteiger partial charge on any atom is -0.378 e. The Balaban J connectivity index is 0.000000384. The molecule has 4 heteroatoms. The van der Waals surface area contributed by atoms with Crippen molar-refractivity contribution < 1.29 is 9.18 Å². The monoisotopic (exact) mass is 518 g/mol. The van der Waals surface area contributed by atoms with Crippen LogP contribution in [0.5, 0.6) is 0 Å². The van der Waals surface area contributed by atoms with Gasteiger partial charge in [-0.2, -0.15) is 0 Å². The number of Topliss-reactive ketones (excluding diaryl/α,β-unsaturated/α-hetero) is 1. The maximum atomic E-state index is 13.4. The number of hydrogen-bond donors (Lipinski definition) is 1. The summed E-state index contributed by atoms with van der Waals surface area (Å²) in [6, 6.07) is 17.1. The topological polar surface area (TPSA) is 32.3 Å². The number of carbonyl (C=O) groups excluding carboxylic acids is 1. The number of fused-ring (bicyclic) bond motifs is 5. The number of allylic oxidation sites excluding steroid dienone is 4. The predicted molar refractivity (Wildman–Crippen MR) is 161 cm³/mol. The maximum Gasteiger partial charge on any atom is 0.169 e. The van der Waals surface area contributed by atoms with E-state index in [0.29, 0.717) is 5.56 Å². The Hall–Kier alpha value is -4.18. The molecule has 1 unspecified atom stereocenters. The molecule has 0 saturated carbocycles. The molecule has 0 bridgehead atoms. The van der Waals surface area contributed by atoms with Crippen LogP contribution in [0.25, 0.3) is 23.3 Å². The second kappa shape index (κ2) is 10.9. The molecule has 1 N–H and O–H groups in total. The molecule has 1 atom stereocenters. The highest BCUT2D eigenvalue weighted by molar-refractivity contribution is 6.01. The zero-order chi connectivity index (χ0) is 27.6. The molecule has 3 nitrogen and oxygen atoms in total. The number of hydrogen-bond acceptors (Lipinski definition) is 3. The summed E-state index contributed by atoms with van der Waals surface area (Å²) in [7, 11) is 4.12. The van der Waals surface area contributed by atoms with Crippen LogP contribution in [0, 0.1) is 11.7 Å². The number of ketones is 1. The molecule has 1 heterocycles. The Morgan fingerprint density at radius 2 is 1.62 bits per heavy atom. The number of benzene rings is 3. The van der Waals surface area contributed by atoms with Crippen LogP contribution in [0.2, 0.25) is 0 Å². The SMILES string of the molecule is C1=CC=CNC=C1.CN(C)c1ccc2c(c1)-c1ccc3c(c1=CC2)=CC(C(=O)c1ccc(F)cc1)CC3(C)C. The molecule has 39 heavy (non-hydrogen) atoms. The molecule has 2 aliphatic carbocycles. The molecule has 198 valence electrons. The third kappa shape index (κ3) is 5.51. The lowest BCUT2D eigenvalue weighted by Crippen LogP contribution is -2.43. The number of anilines is 1. The van der Waals surface area contributed by atoms with Gasteiger partial charge in [-0.25, -0.2) is 4.39 Å². The van der Waals surface area contributed by atoms with Crippen LogP contribution in [0.15, 0.2) is 91.3 Å². The van der Waals surface area contributed by atoms with Gasteiger partial charge in [0.2, 0.25) is 0 Å². The molecule has 6 rings (SSSR count). The second-order valence-corrected chi connectivity index (χ2v) is 11.1. The lowest BCUT2D eigenvalue weighted by Gasteiger charge is -2.34. The molecule has 0 spiro atoms. The van der Waals surface area contributed by atoms with Gasteiger partial charge in [0.15, 0.2) is 5.78 Å². The summed E-state index contributed by atoms with van der Waals surface area (Å²) in [5, 5.41) is 5.34. The first kappa shape index (κ1) is 26.4. The molecule has 3 aromatic rings. The van der Waals surface area contributed by atoms with E-state index in [9.17, 15) is 9.18 Å². The van der Waals surface area contributed by atoms with E-state index in [1.54, 1.807) is 12.1 Å². The first-order chi connectivity index (χ1) is 18.7. The van der Waals surface area contributed by atoms with E-state index in [0.717, 1.165) is 12.8 Å². The molecule has 3 aromatic carbocycles. The molecular formula is C35H35FN2O. The van der Waals surface area contributed by atoms with Gasteiger partial charge in [-0.05, 0) is 99.5 Å². The van der Waals surface area contributed by atoms with Gasteiger partial charge >= 0.3 is 0 Å². The summed E-state index contributed by atoms with van der Waals surface area (Å²) >= 11 is 0. The van der Waals surface area contributed by atoms with Gasteiger partial charge in [0, 0.05) is 43.7 Å². The molecule has 0 fully saturated rings. The predicted octanol–water partition coefficient (Wildman–Crippen LogP) is 6.03. The van der Waals surface area contributed by atoms with Crippen LogP contribution in [0.4, 0.5) is 10.1 Å². The van der Waals surface area contributed by atoms with E-state index in [1.165, 1.54) is 50.5 Å². The van der Waals surface area contributed by atoms with Gasteiger partial charge in [-0.15, -0.1) is 0 Å². The zero-order valence-corrected chi connectivity index (χ0v) is 23.0. The van der Waals surface area contributed by atoms with E-state index in [2.05, 4.69) is 80.6 Å². The molecule has 0 amide bonds. The van der Waals surface area contributed by atoms with E-state index in [-0.39, 0.29) is 22.9 Å². The fourth-order valence-electron chi connectivity index (χ4n) is 5.67. The molecule has 1 aliphatic heterocycles. The van der Waals surface area contributed by atoms with E-state index >= 15 is 0 Å². The van der Waals surface area contributed by atoms with Crippen LogP contribution in [0.1, 0.15) is 41.8 Å². The first-order valence-electron chi connectivity index (χ1n) is 13.4. The van der Waals surface area contributed by atoms with Crippen molar-refractivity contribution in [3.05, 3.63) is 124 Å². The quantitative estimate of drug-likeness (QED) is 0.430. The van der Waals surface area contributed by atoms with Gasteiger partial charge in [-0.3, -0.25) is 4.79 Å². The Morgan fingerprint density at radius 1 is 0.897 bits per heavy atom. The number of nitrogens with one attached hydrogen (secondary N) is 1. The normalized spacial score (nSPS) is 17.5. The number of rotatable bonds is 3. The van der Waals surface area contributed by atoms with Gasteiger partial charge in [0.25, 0.3) is 0 Å². The van der Waals surface area contributed by atoms with E-state index in [1.807, 2.05) is 36.7 Å². The summed E-state index contributed by atoms with van der Waals surface area (Å²) < 4.78 is 13.4. The highest BCUT2D eigenvalue weighted by atomic mass is 19.1. The number of nitrogens with zero attached hydrogens (tertiary/aromatic N) is 1. The second-order valence-electron chi connectivity index (χ2n) is 11.1. The first-order valence-corrected chi connectivity index (χ1v) is 13.4. The average Bonchev–Trinajstić information content (AvgIpc) is 3.26. The smallest absolute Gasteiger partial charge is 0.169 e. The Morgan fingerprint density at radius 3 is 2.31 bits per heavy atom. The third-order valence-corrected chi connectivity index (χ3v) is 7.72. The van der Waals surface area contributed by atoms with Crippen LogP contribution in [0.3, 0.4) is 0 Å². The largest absolute Gasteiger partial charge is 0.378 e. The summed E-state index contributed by atoms with van der Waals surface area (Å²) in [5.41, 5.74) is 6.76. The lowest BCUT2D eigenvalue weighted by molar-refractivity contribution is 0.0933. The van der Waals surface area contributed by atoms with E-state index < -0.39 is 0 Å². The minimum atomic E-state index is -0.320. The summed E-state index contributed by atoms with van der Waals surface area (Å²) in [4.78, 5) is 15.5. The van der Waals surface area contributed by atoms with E-state index in [4.69, 9.17) is 0 Å². The number of carbonyl (C=O) groups is 1. The maximum absolute atomic E-state index is 13.4. The van der Waals surface area contributed by atoms with Crippen molar-refractivity contribution in [3.8, 4) is 11.1 Å². The van der Waals surface area contributed by atoms with Crippen LogP contribution in [-0.4, -0.2) is 19.9 Å². The molecule has 0 saturated heterocycles. The van der Waals surface area contributed by atoms with Gasteiger partial charge in [-0.1, -0.05) is 56.4 Å². The van der Waals surface area contributed by atoms with Crippen LogP contribution in [-0.2, 0) is 11.8 Å². The standard InChI is InChI=1S/C29H28FNO.C6H7N/c1-29(2)17-20(28(32)19-5-9-21(30)10-6-19)15-26-24-12-8-18-7-11-22(31(3)4)16-25(18)23(24)13-14-27(26)29;1-2-4-6-7-5-3-1/h5-7,9-16,20H,8,17H2,1-4H3;1-7H. The Bertz CT molecular complexity index is 1590. The molecular weight excluding hydrogens is 483 g/mol. The fourth-order valence-corrected chi connectivity index (χ4v) is 5.67. The molecule has 0 aromatic heterocycles. The lowest BCUT2D eigenvalue weighted by atomic mass is 9.69. The van der Waals surface area contributed by atoms with Crippen LogP contribution < -0.4 is 20.7 Å². The van der Waals surface area contributed by atoms with Crippen molar-refractivity contribution in [1.29, 1.82) is 0 Å². The Kier molecular flexibility index (Phi) is 7.38. The van der Waals surface area contributed by atoms with Crippen molar-refractivity contribution >= 4 is 23.6 Å². The summed E-state index contributed by atoms with van der Waals surface area (Å²) in [6.07, 6.45) is 17.7. The summed E-state index contributed by atoms with van der Waals surface area (Å²) in [6.45, 7) is 4.44. The highest BCUT2D eigenvalue weighted by Gasteiger charge is 2.34. The minimum absolute atomic E-state index is 0.0624. The summed E-state index contributed by atoms with van der Waals surface area (Å²) in [5.74, 6) is -0.482. The van der Waals surface area contributed by atoms with Crippen molar-refractivity contribution in [1.82, 2.24) is 5.32 Å². The van der Waals surface area contributed by atoms with Crippen molar-refractivity contribution in [2.75, 3.05) is 19.0 Å². The van der Waals surface area contributed by atoms with Crippen molar-refractivity contribution in [2.24, 2.45) is 5.92 Å². The van der Waals surface area contributed by atoms with Gasteiger partial charge < -0.3 is 10.2 Å². The van der Waals surface area contributed by atoms with Crippen molar-refractivity contribution in [3.63, 3.8) is 0 Å². The van der Waals surface area contributed by atoms with Gasteiger partial charge in [0.05, 0.1) is 0 Å². The van der Waals surface area contributed by atoms with Gasteiger partial charge in [0.1, 0.15) is 5.82 Å². The highest BCUT2D eigenvalue weighted by Crippen LogP contribution is 2.35. The Labute approximate surface area is 230 Å². The van der Waals surface area contributed by atoms with Crippen LogP contribution >= 0.6 is 0 Å². The fraction of sp³-hybridized carbons (Fsp3) is 0.229. The zero-order valence-electron chi connectivity index (χ0n) is 23.0. The number of halogens is 1. The third-order valence-electron chi connectivity index (χ3n) is 7.72. The van der Waals surface area contributed by atoms with Crippen molar-refractivity contribution in [2.45, 2.75) is 32.1 Å². The average molecular weight is 519 g/mol.